The van der Waals surface area contributed by atoms with E-state index in [9.17, 15) is 4.39 Å². The number of hydrogen-bond acceptors (Lipinski definition) is 4. The Morgan fingerprint density at radius 2 is 2.38 bits per heavy atom. The van der Waals surface area contributed by atoms with Crippen LogP contribution in [0.4, 0.5) is 4.39 Å². The van der Waals surface area contributed by atoms with Crippen LogP contribution in [0, 0.1) is 5.82 Å². The Morgan fingerprint density at radius 3 is 3.00 bits per heavy atom. The second kappa shape index (κ2) is 5.05. The van der Waals surface area contributed by atoms with Crippen LogP contribution in [0.1, 0.15) is 24.4 Å². The molecule has 5 heteroatoms. The van der Waals surface area contributed by atoms with Crippen LogP contribution in [-0.2, 0) is 4.74 Å². The van der Waals surface area contributed by atoms with Gasteiger partial charge in [0.05, 0.1) is 12.8 Å². The quantitative estimate of drug-likeness (QED) is 0.601. The third kappa shape index (κ3) is 2.37. The van der Waals surface area contributed by atoms with Crippen LogP contribution >= 0.6 is 0 Å². The molecular weight excluding hydrogens is 209 g/mol. The number of allylic oxidation sites excluding steroid dienone is 1. The minimum atomic E-state index is -0.380. The van der Waals surface area contributed by atoms with Crippen molar-refractivity contribution in [3.8, 4) is 0 Å². The van der Waals surface area contributed by atoms with E-state index in [1.807, 2.05) is 6.08 Å². The highest BCUT2D eigenvalue weighted by Crippen LogP contribution is 2.25. The van der Waals surface area contributed by atoms with E-state index in [1.54, 1.807) is 6.20 Å². The van der Waals surface area contributed by atoms with Gasteiger partial charge in [-0.05, 0) is 30.5 Å². The van der Waals surface area contributed by atoms with Gasteiger partial charge in [0.15, 0.2) is 0 Å². The summed E-state index contributed by atoms with van der Waals surface area (Å²) in [7, 11) is 0. The third-order valence-electron chi connectivity index (χ3n) is 2.47. The van der Waals surface area contributed by atoms with Gasteiger partial charge in [-0.1, -0.05) is 0 Å². The monoisotopic (exact) mass is 223 g/mol. The van der Waals surface area contributed by atoms with Crippen molar-refractivity contribution in [2.45, 2.75) is 18.9 Å². The van der Waals surface area contributed by atoms with E-state index in [1.165, 1.54) is 6.07 Å². The maximum absolute atomic E-state index is 13.0. The first-order valence-corrected chi connectivity index (χ1v) is 5.20. The average molecular weight is 223 g/mol. The van der Waals surface area contributed by atoms with E-state index < -0.39 is 0 Å². The number of rotatable bonds is 3. The van der Waals surface area contributed by atoms with Crippen LogP contribution in [0.2, 0.25) is 0 Å². The lowest BCUT2D eigenvalue weighted by molar-refractivity contribution is 0.167. The molecule has 1 unspecified atom stereocenters. The maximum atomic E-state index is 13.0. The molecule has 0 aliphatic carbocycles. The summed E-state index contributed by atoms with van der Waals surface area (Å²) in [5, 5.41) is 0. The highest BCUT2D eigenvalue weighted by atomic mass is 19.1. The third-order valence-corrected chi connectivity index (χ3v) is 2.47. The predicted molar refractivity (Wildman–Crippen MR) is 57.5 cm³/mol. The molecule has 1 aliphatic rings. The zero-order valence-electron chi connectivity index (χ0n) is 8.82. The molecule has 0 fully saturated rings. The summed E-state index contributed by atoms with van der Waals surface area (Å²) in [6, 6.07) is 1.07. The zero-order valence-corrected chi connectivity index (χ0v) is 8.82. The molecule has 86 valence electrons. The molecule has 1 atom stereocenters. The number of halogens is 1. The highest BCUT2D eigenvalue weighted by molar-refractivity contribution is 5.23. The molecule has 2 heterocycles. The molecule has 2 rings (SSSR count). The van der Waals surface area contributed by atoms with Gasteiger partial charge in [0.1, 0.15) is 17.6 Å². The van der Waals surface area contributed by atoms with Crippen LogP contribution in [-0.4, -0.2) is 11.6 Å². The number of aromatic nitrogens is 1. The number of nitrogens with one attached hydrogen (secondary N) is 1. The fourth-order valence-corrected chi connectivity index (χ4v) is 1.71. The van der Waals surface area contributed by atoms with Crippen molar-refractivity contribution in [1.29, 1.82) is 0 Å². The Labute approximate surface area is 93.3 Å². The topological polar surface area (TPSA) is 60.2 Å². The van der Waals surface area contributed by atoms with E-state index in [-0.39, 0.29) is 11.9 Å². The van der Waals surface area contributed by atoms with Gasteiger partial charge in [0.2, 0.25) is 0 Å². The normalized spacial score (nSPS) is 17.5. The maximum Gasteiger partial charge on any atom is 0.141 e. The van der Waals surface area contributed by atoms with Crippen molar-refractivity contribution < 1.29 is 9.13 Å². The largest absolute Gasteiger partial charge is 0.496 e. The van der Waals surface area contributed by atoms with E-state index in [4.69, 9.17) is 10.6 Å². The van der Waals surface area contributed by atoms with E-state index in [2.05, 4.69) is 10.4 Å². The van der Waals surface area contributed by atoms with Crippen molar-refractivity contribution in [3.63, 3.8) is 0 Å². The number of nitrogens with zero attached hydrogens (tertiary/aromatic N) is 1. The lowest BCUT2D eigenvalue weighted by Gasteiger charge is -2.23. The molecule has 0 saturated carbocycles. The Balaban J connectivity index is 2.25. The molecule has 3 N–H and O–H groups in total. The molecule has 0 bridgehead atoms. The molecule has 16 heavy (non-hydrogen) atoms. The lowest BCUT2D eigenvalue weighted by Crippen LogP contribution is -2.31. The molecule has 4 nitrogen and oxygen atoms in total. The molecule has 1 aliphatic heterocycles. The molecule has 1 aromatic rings. The first kappa shape index (κ1) is 11.0. The second-order valence-corrected chi connectivity index (χ2v) is 3.63. The molecule has 0 saturated heterocycles. The molecule has 0 amide bonds. The van der Waals surface area contributed by atoms with Gasteiger partial charge in [0, 0.05) is 6.20 Å². The van der Waals surface area contributed by atoms with Crippen molar-refractivity contribution in [3.05, 3.63) is 41.7 Å². The standard InChI is InChI=1S/C11H14FN3O/c12-9-5-8(6-14-7-9)11(15-13)10-3-1-2-4-16-10/h3,5-7,11,15H,1-2,4,13H2. The summed E-state index contributed by atoms with van der Waals surface area (Å²) < 4.78 is 18.5. The Morgan fingerprint density at radius 1 is 1.50 bits per heavy atom. The van der Waals surface area contributed by atoms with E-state index in [0.29, 0.717) is 12.2 Å². The van der Waals surface area contributed by atoms with Gasteiger partial charge in [-0.2, -0.15) is 0 Å². The smallest absolute Gasteiger partial charge is 0.141 e. The van der Waals surface area contributed by atoms with E-state index in [0.717, 1.165) is 24.8 Å². The second-order valence-electron chi connectivity index (χ2n) is 3.63. The molecule has 1 aromatic heterocycles. The van der Waals surface area contributed by atoms with Crippen molar-refractivity contribution in [1.82, 2.24) is 10.4 Å². The SMILES string of the molecule is NNC(C1=CCCCO1)c1cncc(F)c1. The number of ether oxygens (including phenoxy) is 1. The summed E-state index contributed by atoms with van der Waals surface area (Å²) in [4.78, 5) is 3.79. The fraction of sp³-hybridized carbons (Fsp3) is 0.364. The Kier molecular flexibility index (Phi) is 3.48. The number of nitrogens with two attached hydrogens (primary N) is 1. The van der Waals surface area contributed by atoms with Gasteiger partial charge in [-0.3, -0.25) is 10.8 Å². The summed E-state index contributed by atoms with van der Waals surface area (Å²) in [6.45, 7) is 0.673. The minimum absolute atomic E-state index is 0.330. The first-order chi connectivity index (χ1) is 7.81. The van der Waals surface area contributed by atoms with Crippen molar-refractivity contribution in [2.75, 3.05) is 6.61 Å². The Bertz CT molecular complexity index is 395. The molecule has 0 spiro atoms. The van der Waals surface area contributed by atoms with Gasteiger partial charge in [-0.15, -0.1) is 0 Å². The van der Waals surface area contributed by atoms with Crippen LogP contribution < -0.4 is 11.3 Å². The van der Waals surface area contributed by atoms with Crippen molar-refractivity contribution in [2.24, 2.45) is 5.84 Å². The van der Waals surface area contributed by atoms with E-state index >= 15 is 0 Å². The number of hydrazine groups is 1. The fourth-order valence-electron chi connectivity index (χ4n) is 1.71. The van der Waals surface area contributed by atoms with Crippen LogP contribution in [0.3, 0.4) is 0 Å². The summed E-state index contributed by atoms with van der Waals surface area (Å²) in [6.07, 6.45) is 6.66. The number of pyridine rings is 1. The van der Waals surface area contributed by atoms with Crippen LogP contribution in [0.15, 0.2) is 30.3 Å². The van der Waals surface area contributed by atoms with Gasteiger partial charge < -0.3 is 4.74 Å². The minimum Gasteiger partial charge on any atom is -0.496 e. The summed E-state index contributed by atoms with van der Waals surface area (Å²) >= 11 is 0. The van der Waals surface area contributed by atoms with Crippen LogP contribution in [0.5, 0.6) is 0 Å². The molecular formula is C11H14FN3O. The molecule has 0 radical (unpaired) electrons. The van der Waals surface area contributed by atoms with Gasteiger partial charge in [0.25, 0.3) is 0 Å². The number of hydrogen-bond donors (Lipinski definition) is 2. The predicted octanol–water partition coefficient (Wildman–Crippen LogP) is 1.42. The average Bonchev–Trinajstić information content (AvgIpc) is 2.31. The highest BCUT2D eigenvalue weighted by Gasteiger charge is 2.19. The Hall–Kier alpha value is -1.46. The summed E-state index contributed by atoms with van der Waals surface area (Å²) in [5.41, 5.74) is 3.28. The summed E-state index contributed by atoms with van der Waals surface area (Å²) in [5.74, 6) is 5.82. The van der Waals surface area contributed by atoms with Crippen molar-refractivity contribution >= 4 is 0 Å². The zero-order chi connectivity index (χ0) is 11.4. The van der Waals surface area contributed by atoms with Crippen LogP contribution in [0.25, 0.3) is 0 Å². The first-order valence-electron chi connectivity index (χ1n) is 5.20. The van der Waals surface area contributed by atoms with Gasteiger partial charge >= 0.3 is 0 Å². The van der Waals surface area contributed by atoms with Gasteiger partial charge in [-0.25, -0.2) is 9.82 Å². The molecule has 0 aromatic carbocycles. The lowest BCUT2D eigenvalue weighted by atomic mass is 10.1.